The van der Waals surface area contributed by atoms with Gasteiger partial charge in [0, 0.05) is 13.1 Å². The van der Waals surface area contributed by atoms with Gasteiger partial charge in [0.2, 0.25) is 0 Å². The Kier molecular flexibility index (Phi) is 2.38. The number of hydrogen-bond donors (Lipinski definition) is 2. The molecule has 1 unspecified atom stereocenters. The first-order chi connectivity index (χ1) is 6.25. The number of nitrogens with zero attached hydrogens (tertiary/aromatic N) is 1. The molecule has 0 spiro atoms. The van der Waals surface area contributed by atoms with E-state index in [1.54, 1.807) is 0 Å². The molecule has 0 bridgehead atoms. The molecule has 0 aliphatic carbocycles. The van der Waals surface area contributed by atoms with Gasteiger partial charge in [-0.25, -0.2) is 0 Å². The van der Waals surface area contributed by atoms with Crippen molar-refractivity contribution in [1.82, 2.24) is 10.2 Å². The number of nitrogens with one attached hydrogen (secondary N) is 1. The van der Waals surface area contributed by atoms with Crippen LogP contribution in [0.15, 0.2) is 23.9 Å². The molecular weight excluding hydrogens is 164 g/mol. The van der Waals surface area contributed by atoms with Gasteiger partial charge in [-0.2, -0.15) is 0 Å². The van der Waals surface area contributed by atoms with E-state index in [1.165, 1.54) is 5.57 Å². The van der Waals surface area contributed by atoms with Crippen molar-refractivity contribution >= 4 is 0 Å². The fourth-order valence-corrected chi connectivity index (χ4v) is 1.86. The summed E-state index contributed by atoms with van der Waals surface area (Å²) in [5.74, 6) is 0. The van der Waals surface area contributed by atoms with Gasteiger partial charge in [-0.05, 0) is 31.7 Å². The van der Waals surface area contributed by atoms with Gasteiger partial charge in [0.25, 0.3) is 0 Å². The van der Waals surface area contributed by atoms with Crippen molar-refractivity contribution in [2.45, 2.75) is 25.6 Å². The minimum absolute atomic E-state index is 0.138. The van der Waals surface area contributed by atoms with Crippen LogP contribution in [0.3, 0.4) is 0 Å². The van der Waals surface area contributed by atoms with E-state index in [1.807, 2.05) is 6.20 Å². The van der Waals surface area contributed by atoms with Crippen molar-refractivity contribution < 1.29 is 5.11 Å². The van der Waals surface area contributed by atoms with Gasteiger partial charge >= 0.3 is 0 Å². The molecule has 2 N–H and O–H groups in total. The number of allylic oxidation sites excluding steroid dienone is 2. The summed E-state index contributed by atoms with van der Waals surface area (Å²) < 4.78 is 0. The fraction of sp³-hybridized carbons (Fsp3) is 0.600. The van der Waals surface area contributed by atoms with Crippen molar-refractivity contribution in [3.63, 3.8) is 0 Å². The number of aliphatic hydroxyl groups excluding tert-OH is 1. The maximum atomic E-state index is 9.39. The highest BCUT2D eigenvalue weighted by atomic mass is 16.3. The number of dihydropyridines is 1. The predicted octanol–water partition coefficient (Wildman–Crippen LogP) is 0.442. The quantitative estimate of drug-likeness (QED) is 0.614. The van der Waals surface area contributed by atoms with E-state index in [9.17, 15) is 5.11 Å². The lowest BCUT2D eigenvalue weighted by Crippen LogP contribution is -2.42. The summed E-state index contributed by atoms with van der Waals surface area (Å²) in [6, 6.07) is 0. The zero-order valence-electron chi connectivity index (χ0n) is 7.90. The van der Waals surface area contributed by atoms with E-state index in [-0.39, 0.29) is 12.3 Å². The van der Waals surface area contributed by atoms with Crippen LogP contribution in [-0.4, -0.2) is 35.4 Å². The molecule has 1 fully saturated rings. The van der Waals surface area contributed by atoms with Crippen LogP contribution in [-0.2, 0) is 0 Å². The third kappa shape index (κ3) is 1.92. The Bertz CT molecular complexity index is 247. The number of likely N-dealkylation sites (tertiary alicyclic amines) is 1. The maximum Gasteiger partial charge on any atom is 0.0988 e. The summed E-state index contributed by atoms with van der Waals surface area (Å²) in [6.45, 7) is 3.86. The van der Waals surface area contributed by atoms with Crippen LogP contribution in [0.4, 0.5) is 0 Å². The van der Waals surface area contributed by atoms with Gasteiger partial charge in [0.1, 0.15) is 0 Å². The van der Waals surface area contributed by atoms with Crippen LogP contribution < -0.4 is 5.32 Å². The SMILES string of the molecule is CC1=CC(N2CC[C@H](O)C2)NC=C1. The third-order valence-electron chi connectivity index (χ3n) is 2.62. The predicted molar refractivity (Wildman–Crippen MR) is 52.0 cm³/mol. The molecule has 2 rings (SSSR count). The van der Waals surface area contributed by atoms with Crippen LogP contribution in [0, 0.1) is 0 Å². The summed E-state index contributed by atoms with van der Waals surface area (Å²) in [6.07, 6.45) is 7.27. The molecule has 0 aromatic rings. The smallest absolute Gasteiger partial charge is 0.0988 e. The molecule has 0 amide bonds. The monoisotopic (exact) mass is 180 g/mol. The highest BCUT2D eigenvalue weighted by Crippen LogP contribution is 2.15. The second kappa shape index (κ2) is 3.52. The molecule has 2 atom stereocenters. The molecule has 72 valence electrons. The second-order valence-corrected chi connectivity index (χ2v) is 3.79. The van der Waals surface area contributed by atoms with Crippen molar-refractivity contribution in [3.05, 3.63) is 23.9 Å². The Balaban J connectivity index is 1.98. The number of β-amino-alcohol motifs (C(OH)–C–C–N with tert-alkyl or cyclic N) is 1. The van der Waals surface area contributed by atoms with Gasteiger partial charge in [-0.1, -0.05) is 5.57 Å². The van der Waals surface area contributed by atoms with Gasteiger partial charge < -0.3 is 10.4 Å². The molecule has 1 saturated heterocycles. The minimum Gasteiger partial charge on any atom is -0.392 e. The summed E-state index contributed by atoms with van der Waals surface area (Å²) in [5, 5.41) is 12.7. The van der Waals surface area contributed by atoms with Crippen molar-refractivity contribution in [2.75, 3.05) is 13.1 Å². The molecule has 13 heavy (non-hydrogen) atoms. The molecule has 3 nitrogen and oxygen atoms in total. The molecular formula is C10H16N2O. The molecule has 0 saturated carbocycles. The number of aliphatic hydroxyl groups is 1. The summed E-state index contributed by atoms with van der Waals surface area (Å²) in [7, 11) is 0. The first-order valence-corrected chi connectivity index (χ1v) is 4.79. The van der Waals surface area contributed by atoms with Crippen LogP contribution in [0.2, 0.25) is 0 Å². The highest BCUT2D eigenvalue weighted by Gasteiger charge is 2.25. The van der Waals surface area contributed by atoms with Gasteiger partial charge in [0.05, 0.1) is 12.3 Å². The normalized spacial score (nSPS) is 34.5. The molecule has 0 radical (unpaired) electrons. The Hall–Kier alpha value is -0.800. The average Bonchev–Trinajstić information content (AvgIpc) is 2.52. The van der Waals surface area contributed by atoms with Gasteiger partial charge in [-0.3, -0.25) is 4.90 Å². The first kappa shape index (κ1) is 8.78. The lowest BCUT2D eigenvalue weighted by Gasteiger charge is -2.27. The highest BCUT2D eigenvalue weighted by molar-refractivity contribution is 5.22. The summed E-state index contributed by atoms with van der Waals surface area (Å²) in [5.41, 5.74) is 1.28. The number of hydrogen-bond acceptors (Lipinski definition) is 3. The van der Waals surface area contributed by atoms with Crippen LogP contribution >= 0.6 is 0 Å². The Morgan fingerprint density at radius 1 is 1.62 bits per heavy atom. The van der Waals surface area contributed by atoms with E-state index >= 15 is 0 Å². The Morgan fingerprint density at radius 3 is 3.08 bits per heavy atom. The van der Waals surface area contributed by atoms with E-state index in [0.717, 1.165) is 19.5 Å². The summed E-state index contributed by atoms with van der Waals surface area (Å²) in [4.78, 5) is 2.26. The zero-order chi connectivity index (χ0) is 9.26. The molecule has 2 aliphatic heterocycles. The molecule has 2 heterocycles. The largest absolute Gasteiger partial charge is 0.392 e. The summed E-state index contributed by atoms with van der Waals surface area (Å²) >= 11 is 0. The topological polar surface area (TPSA) is 35.5 Å². The molecule has 3 heteroatoms. The Labute approximate surface area is 78.7 Å². The fourth-order valence-electron chi connectivity index (χ4n) is 1.86. The van der Waals surface area contributed by atoms with Gasteiger partial charge in [0.15, 0.2) is 0 Å². The first-order valence-electron chi connectivity index (χ1n) is 4.79. The third-order valence-corrected chi connectivity index (χ3v) is 2.62. The lowest BCUT2D eigenvalue weighted by atomic mass is 10.2. The Morgan fingerprint density at radius 2 is 2.46 bits per heavy atom. The van der Waals surface area contributed by atoms with Crippen LogP contribution in [0.5, 0.6) is 0 Å². The molecule has 2 aliphatic rings. The molecule has 0 aromatic heterocycles. The number of rotatable bonds is 1. The standard InChI is InChI=1S/C10H16N2O/c1-8-2-4-11-10(6-8)12-5-3-9(13)7-12/h2,4,6,9-11,13H,3,5,7H2,1H3/t9-,10?/m0/s1. The minimum atomic E-state index is -0.138. The van der Waals surface area contributed by atoms with Gasteiger partial charge in [-0.15, -0.1) is 0 Å². The zero-order valence-corrected chi connectivity index (χ0v) is 7.90. The van der Waals surface area contributed by atoms with Crippen molar-refractivity contribution in [1.29, 1.82) is 0 Å². The van der Waals surface area contributed by atoms with Crippen molar-refractivity contribution in [3.8, 4) is 0 Å². The second-order valence-electron chi connectivity index (χ2n) is 3.79. The van der Waals surface area contributed by atoms with Crippen LogP contribution in [0.1, 0.15) is 13.3 Å². The van der Waals surface area contributed by atoms with E-state index in [0.29, 0.717) is 0 Å². The maximum absolute atomic E-state index is 9.39. The lowest BCUT2D eigenvalue weighted by molar-refractivity contribution is 0.163. The van der Waals surface area contributed by atoms with E-state index in [4.69, 9.17) is 0 Å². The van der Waals surface area contributed by atoms with E-state index < -0.39 is 0 Å². The average molecular weight is 180 g/mol. The molecule has 0 aromatic carbocycles. The van der Waals surface area contributed by atoms with E-state index in [2.05, 4.69) is 29.3 Å². The van der Waals surface area contributed by atoms with Crippen LogP contribution in [0.25, 0.3) is 0 Å². The van der Waals surface area contributed by atoms with Crippen molar-refractivity contribution in [2.24, 2.45) is 0 Å².